The standard InChI is InChI=1S/C13H12BrFOS/c14-12-4-5-17-13(12)8-11(16)7-9-2-1-3-10(15)6-9/h1-6,11,16H,7-8H2. The number of aliphatic hydroxyl groups is 1. The first-order valence-electron chi connectivity index (χ1n) is 5.29. The topological polar surface area (TPSA) is 20.2 Å². The van der Waals surface area contributed by atoms with E-state index in [1.165, 1.54) is 12.1 Å². The molecule has 0 fully saturated rings. The van der Waals surface area contributed by atoms with E-state index in [1.807, 2.05) is 17.5 Å². The number of halogens is 2. The Morgan fingerprint density at radius 1 is 1.29 bits per heavy atom. The molecule has 0 radical (unpaired) electrons. The molecule has 1 aromatic heterocycles. The van der Waals surface area contributed by atoms with Crippen LogP contribution < -0.4 is 0 Å². The Labute approximate surface area is 112 Å². The van der Waals surface area contributed by atoms with Crippen LogP contribution in [-0.2, 0) is 12.8 Å². The average Bonchev–Trinajstić information content (AvgIpc) is 2.64. The zero-order chi connectivity index (χ0) is 12.3. The van der Waals surface area contributed by atoms with Crippen molar-refractivity contribution in [2.75, 3.05) is 0 Å². The highest BCUT2D eigenvalue weighted by atomic mass is 79.9. The molecule has 0 saturated heterocycles. The second kappa shape index (κ2) is 5.76. The third-order valence-corrected chi connectivity index (χ3v) is 4.42. The summed E-state index contributed by atoms with van der Waals surface area (Å²) in [6, 6.07) is 8.33. The van der Waals surface area contributed by atoms with Gasteiger partial charge in [0.25, 0.3) is 0 Å². The highest BCUT2D eigenvalue weighted by Crippen LogP contribution is 2.24. The van der Waals surface area contributed by atoms with Crippen LogP contribution in [0.3, 0.4) is 0 Å². The van der Waals surface area contributed by atoms with Crippen molar-refractivity contribution in [3.63, 3.8) is 0 Å². The Bertz CT molecular complexity index is 498. The summed E-state index contributed by atoms with van der Waals surface area (Å²) < 4.78 is 14.0. The van der Waals surface area contributed by atoms with Crippen LogP contribution in [0.2, 0.25) is 0 Å². The van der Waals surface area contributed by atoms with Crippen LogP contribution in [0.25, 0.3) is 0 Å². The quantitative estimate of drug-likeness (QED) is 0.910. The molecule has 1 heterocycles. The lowest BCUT2D eigenvalue weighted by Gasteiger charge is -2.10. The van der Waals surface area contributed by atoms with Gasteiger partial charge < -0.3 is 5.11 Å². The van der Waals surface area contributed by atoms with E-state index in [0.29, 0.717) is 12.8 Å². The van der Waals surface area contributed by atoms with Crippen molar-refractivity contribution in [1.29, 1.82) is 0 Å². The first kappa shape index (κ1) is 12.7. The van der Waals surface area contributed by atoms with Gasteiger partial charge >= 0.3 is 0 Å². The van der Waals surface area contributed by atoms with Crippen LogP contribution in [0.15, 0.2) is 40.2 Å². The summed E-state index contributed by atoms with van der Waals surface area (Å²) in [5.74, 6) is -0.257. The van der Waals surface area contributed by atoms with E-state index in [4.69, 9.17) is 0 Å². The predicted octanol–water partition coefficient (Wildman–Crippen LogP) is 3.80. The largest absolute Gasteiger partial charge is 0.392 e. The third kappa shape index (κ3) is 3.63. The lowest BCUT2D eigenvalue weighted by atomic mass is 10.1. The van der Waals surface area contributed by atoms with Crippen molar-refractivity contribution >= 4 is 27.3 Å². The zero-order valence-corrected chi connectivity index (χ0v) is 11.5. The lowest BCUT2D eigenvalue weighted by molar-refractivity contribution is 0.176. The van der Waals surface area contributed by atoms with Gasteiger partial charge in [0.1, 0.15) is 5.82 Å². The first-order chi connectivity index (χ1) is 8.15. The summed E-state index contributed by atoms with van der Waals surface area (Å²) in [6.45, 7) is 0. The minimum Gasteiger partial charge on any atom is -0.392 e. The summed E-state index contributed by atoms with van der Waals surface area (Å²) in [6.07, 6.45) is 0.586. The van der Waals surface area contributed by atoms with E-state index >= 15 is 0 Å². The smallest absolute Gasteiger partial charge is 0.123 e. The Balaban J connectivity index is 1.98. The van der Waals surface area contributed by atoms with Gasteiger partial charge in [-0.05, 0) is 51.5 Å². The van der Waals surface area contributed by atoms with E-state index in [2.05, 4.69) is 15.9 Å². The fourth-order valence-corrected chi connectivity index (χ4v) is 3.28. The minimum atomic E-state index is -0.480. The number of thiophene rings is 1. The molecule has 1 atom stereocenters. The average molecular weight is 315 g/mol. The summed E-state index contributed by atoms with van der Waals surface area (Å²) in [7, 11) is 0. The van der Waals surface area contributed by atoms with E-state index in [-0.39, 0.29) is 5.82 Å². The number of hydrogen-bond donors (Lipinski definition) is 1. The fraction of sp³-hybridized carbons (Fsp3) is 0.231. The Morgan fingerprint density at radius 3 is 2.76 bits per heavy atom. The molecule has 0 bridgehead atoms. The zero-order valence-electron chi connectivity index (χ0n) is 9.07. The maximum Gasteiger partial charge on any atom is 0.123 e. The molecule has 2 aromatic rings. The molecular formula is C13H12BrFOS. The summed E-state index contributed by atoms with van der Waals surface area (Å²) in [4.78, 5) is 1.12. The van der Waals surface area contributed by atoms with Gasteiger partial charge in [-0.3, -0.25) is 0 Å². The molecule has 1 nitrogen and oxygen atoms in total. The van der Waals surface area contributed by atoms with Crippen molar-refractivity contribution in [3.05, 3.63) is 56.4 Å². The van der Waals surface area contributed by atoms with Gasteiger partial charge in [-0.1, -0.05) is 12.1 Å². The number of benzene rings is 1. The maximum absolute atomic E-state index is 13.0. The van der Waals surface area contributed by atoms with Crippen LogP contribution in [0.1, 0.15) is 10.4 Å². The van der Waals surface area contributed by atoms with Crippen LogP contribution >= 0.6 is 27.3 Å². The second-order valence-corrected chi connectivity index (χ2v) is 5.74. The van der Waals surface area contributed by atoms with Gasteiger partial charge in [-0.25, -0.2) is 4.39 Å². The Kier molecular flexibility index (Phi) is 4.31. The molecule has 0 aliphatic heterocycles. The molecule has 1 N–H and O–H groups in total. The first-order valence-corrected chi connectivity index (χ1v) is 6.97. The molecule has 90 valence electrons. The van der Waals surface area contributed by atoms with E-state index in [0.717, 1.165) is 14.9 Å². The second-order valence-electron chi connectivity index (χ2n) is 3.88. The number of rotatable bonds is 4. The normalized spacial score (nSPS) is 12.6. The molecular weight excluding hydrogens is 303 g/mol. The van der Waals surface area contributed by atoms with Gasteiger partial charge in [0, 0.05) is 15.8 Å². The predicted molar refractivity (Wildman–Crippen MR) is 71.8 cm³/mol. The minimum absolute atomic E-state index is 0.257. The van der Waals surface area contributed by atoms with Crippen LogP contribution in [0.4, 0.5) is 4.39 Å². The molecule has 4 heteroatoms. The van der Waals surface area contributed by atoms with E-state index < -0.39 is 6.10 Å². The molecule has 17 heavy (non-hydrogen) atoms. The van der Waals surface area contributed by atoms with Crippen molar-refractivity contribution < 1.29 is 9.50 Å². The van der Waals surface area contributed by atoms with E-state index in [1.54, 1.807) is 17.4 Å². The van der Waals surface area contributed by atoms with Crippen molar-refractivity contribution in [1.82, 2.24) is 0 Å². The van der Waals surface area contributed by atoms with E-state index in [9.17, 15) is 9.50 Å². The highest BCUT2D eigenvalue weighted by Gasteiger charge is 2.10. The molecule has 1 aromatic carbocycles. The van der Waals surface area contributed by atoms with Gasteiger partial charge in [-0.2, -0.15) is 0 Å². The SMILES string of the molecule is OC(Cc1cccc(F)c1)Cc1sccc1Br. The maximum atomic E-state index is 13.0. The lowest BCUT2D eigenvalue weighted by Crippen LogP contribution is -2.13. The monoisotopic (exact) mass is 314 g/mol. The number of hydrogen-bond acceptors (Lipinski definition) is 2. The van der Waals surface area contributed by atoms with Crippen molar-refractivity contribution in [2.24, 2.45) is 0 Å². The van der Waals surface area contributed by atoms with Crippen LogP contribution in [-0.4, -0.2) is 11.2 Å². The van der Waals surface area contributed by atoms with Crippen molar-refractivity contribution in [3.8, 4) is 0 Å². The molecule has 2 rings (SSSR count). The van der Waals surface area contributed by atoms with Crippen molar-refractivity contribution in [2.45, 2.75) is 18.9 Å². The molecule has 0 amide bonds. The van der Waals surface area contributed by atoms with Gasteiger partial charge in [-0.15, -0.1) is 11.3 Å². The van der Waals surface area contributed by atoms with Gasteiger partial charge in [0.05, 0.1) is 6.10 Å². The van der Waals surface area contributed by atoms with Gasteiger partial charge in [0.2, 0.25) is 0 Å². The number of aliphatic hydroxyl groups excluding tert-OH is 1. The summed E-state index contributed by atoms with van der Waals surface area (Å²) >= 11 is 5.04. The summed E-state index contributed by atoms with van der Waals surface area (Å²) in [5.41, 5.74) is 0.824. The molecule has 0 saturated carbocycles. The molecule has 0 spiro atoms. The Morgan fingerprint density at radius 2 is 2.12 bits per heavy atom. The summed E-state index contributed by atoms with van der Waals surface area (Å²) in [5, 5.41) is 11.9. The molecule has 0 aliphatic rings. The molecule has 0 aliphatic carbocycles. The Hall–Kier alpha value is -0.710. The fourth-order valence-electron chi connectivity index (χ4n) is 1.69. The van der Waals surface area contributed by atoms with Gasteiger partial charge in [0.15, 0.2) is 0 Å². The highest BCUT2D eigenvalue weighted by molar-refractivity contribution is 9.10. The third-order valence-electron chi connectivity index (χ3n) is 2.47. The van der Waals surface area contributed by atoms with Crippen LogP contribution in [0.5, 0.6) is 0 Å². The van der Waals surface area contributed by atoms with Crippen LogP contribution in [0, 0.1) is 5.82 Å². The molecule has 1 unspecified atom stereocenters.